The largest absolute Gasteiger partial charge is 0.491 e. The lowest BCUT2D eigenvalue weighted by atomic mass is 10.2. The van der Waals surface area contributed by atoms with Gasteiger partial charge in [0.05, 0.1) is 11.8 Å². The predicted molar refractivity (Wildman–Crippen MR) is 83.3 cm³/mol. The summed E-state index contributed by atoms with van der Waals surface area (Å²) in [5.74, 6) is 0.754. The monoisotopic (exact) mass is 316 g/mol. The molecule has 1 atom stereocenters. The molecule has 3 rings (SSSR count). The van der Waals surface area contributed by atoms with Crippen LogP contribution >= 0.6 is 0 Å². The van der Waals surface area contributed by atoms with E-state index in [1.807, 2.05) is 24.3 Å². The zero-order valence-electron chi connectivity index (χ0n) is 13.1. The molecule has 0 saturated carbocycles. The Hall–Kier alpha value is -2.34. The normalized spacial score (nSPS) is 17.2. The number of aromatic nitrogens is 1. The van der Waals surface area contributed by atoms with Crippen molar-refractivity contribution in [3.63, 3.8) is 0 Å². The minimum absolute atomic E-state index is 0.208. The standard InChI is InChI=1S/C17H20N2O4/c1-12-9-16(23-19-12)17(20)18-10-13-4-6-14(7-5-13)22-11-15-3-2-8-21-15/h4-7,9,15H,2-3,8,10-11H2,1H3,(H,18,20). The summed E-state index contributed by atoms with van der Waals surface area (Å²) in [6, 6.07) is 9.26. The third-order valence-corrected chi connectivity index (χ3v) is 3.69. The maximum atomic E-state index is 11.9. The van der Waals surface area contributed by atoms with E-state index in [2.05, 4.69) is 10.5 Å². The van der Waals surface area contributed by atoms with Gasteiger partial charge in [-0.1, -0.05) is 17.3 Å². The summed E-state index contributed by atoms with van der Waals surface area (Å²) < 4.78 is 16.1. The summed E-state index contributed by atoms with van der Waals surface area (Å²) in [5, 5.41) is 6.49. The van der Waals surface area contributed by atoms with Crippen LogP contribution in [-0.2, 0) is 11.3 Å². The molecule has 122 valence electrons. The van der Waals surface area contributed by atoms with Crippen molar-refractivity contribution in [2.24, 2.45) is 0 Å². The fourth-order valence-electron chi connectivity index (χ4n) is 2.41. The van der Waals surface area contributed by atoms with E-state index in [1.165, 1.54) is 0 Å². The second-order valence-corrected chi connectivity index (χ2v) is 5.61. The van der Waals surface area contributed by atoms with Gasteiger partial charge in [-0.15, -0.1) is 0 Å². The number of aryl methyl sites for hydroxylation is 1. The van der Waals surface area contributed by atoms with E-state index >= 15 is 0 Å². The Morgan fingerprint density at radius 1 is 1.39 bits per heavy atom. The third-order valence-electron chi connectivity index (χ3n) is 3.69. The molecule has 6 heteroatoms. The number of nitrogens with one attached hydrogen (secondary N) is 1. The molecule has 2 aromatic rings. The maximum absolute atomic E-state index is 11.9. The fourth-order valence-corrected chi connectivity index (χ4v) is 2.41. The summed E-state index contributed by atoms with van der Waals surface area (Å²) in [7, 11) is 0. The number of benzene rings is 1. The van der Waals surface area contributed by atoms with Crippen LogP contribution < -0.4 is 10.1 Å². The molecule has 0 bridgehead atoms. The van der Waals surface area contributed by atoms with Crippen LogP contribution in [0.1, 0.15) is 34.7 Å². The first-order chi connectivity index (χ1) is 11.2. The Morgan fingerprint density at radius 2 is 2.22 bits per heavy atom. The fraction of sp³-hybridized carbons (Fsp3) is 0.412. The van der Waals surface area contributed by atoms with Crippen molar-refractivity contribution in [2.45, 2.75) is 32.4 Å². The van der Waals surface area contributed by atoms with Gasteiger partial charge in [0.2, 0.25) is 5.76 Å². The van der Waals surface area contributed by atoms with Gasteiger partial charge in [0.25, 0.3) is 5.91 Å². The van der Waals surface area contributed by atoms with Crippen molar-refractivity contribution < 1.29 is 18.8 Å². The van der Waals surface area contributed by atoms with Crippen molar-refractivity contribution in [1.29, 1.82) is 0 Å². The van der Waals surface area contributed by atoms with E-state index in [0.29, 0.717) is 18.8 Å². The highest BCUT2D eigenvalue weighted by Gasteiger charge is 2.16. The first kappa shape index (κ1) is 15.6. The molecule has 1 aromatic heterocycles. The number of ether oxygens (including phenoxy) is 2. The summed E-state index contributed by atoms with van der Waals surface area (Å²) in [5.41, 5.74) is 1.67. The Morgan fingerprint density at radius 3 is 2.87 bits per heavy atom. The van der Waals surface area contributed by atoms with Crippen LogP contribution in [0.25, 0.3) is 0 Å². The van der Waals surface area contributed by atoms with Gasteiger partial charge < -0.3 is 19.3 Å². The second-order valence-electron chi connectivity index (χ2n) is 5.61. The molecule has 1 saturated heterocycles. The quantitative estimate of drug-likeness (QED) is 0.886. The van der Waals surface area contributed by atoms with E-state index in [4.69, 9.17) is 14.0 Å². The molecule has 1 fully saturated rings. The Balaban J connectivity index is 1.46. The number of rotatable bonds is 6. The first-order valence-corrected chi connectivity index (χ1v) is 7.75. The highest BCUT2D eigenvalue weighted by Crippen LogP contribution is 2.16. The molecule has 1 unspecified atom stereocenters. The Labute approximate surface area is 134 Å². The highest BCUT2D eigenvalue weighted by atomic mass is 16.5. The van der Waals surface area contributed by atoms with E-state index < -0.39 is 0 Å². The smallest absolute Gasteiger partial charge is 0.290 e. The zero-order valence-corrected chi connectivity index (χ0v) is 13.1. The summed E-state index contributed by atoms with van der Waals surface area (Å²) in [6.07, 6.45) is 2.38. The van der Waals surface area contributed by atoms with Crippen LogP contribution in [0.4, 0.5) is 0 Å². The molecule has 1 aromatic carbocycles. The van der Waals surface area contributed by atoms with E-state index in [1.54, 1.807) is 13.0 Å². The van der Waals surface area contributed by atoms with E-state index in [0.717, 1.165) is 30.8 Å². The molecule has 6 nitrogen and oxygen atoms in total. The second kappa shape index (κ2) is 7.28. The highest BCUT2D eigenvalue weighted by molar-refractivity contribution is 5.91. The van der Waals surface area contributed by atoms with Gasteiger partial charge >= 0.3 is 0 Å². The summed E-state index contributed by atoms with van der Waals surface area (Å²) in [4.78, 5) is 11.9. The van der Waals surface area contributed by atoms with Gasteiger partial charge in [-0.3, -0.25) is 4.79 Å². The summed E-state index contributed by atoms with van der Waals surface area (Å²) in [6.45, 7) is 3.61. The van der Waals surface area contributed by atoms with Crippen molar-refractivity contribution in [3.8, 4) is 5.75 Å². The predicted octanol–water partition coefficient (Wildman–Crippen LogP) is 2.47. The molecule has 1 aliphatic rings. The minimum atomic E-state index is -0.274. The van der Waals surface area contributed by atoms with Crippen molar-refractivity contribution in [3.05, 3.63) is 47.3 Å². The number of amides is 1. The average Bonchev–Trinajstić information content (AvgIpc) is 3.23. The van der Waals surface area contributed by atoms with Gasteiger partial charge in [0, 0.05) is 19.2 Å². The van der Waals surface area contributed by atoms with Crippen molar-refractivity contribution in [1.82, 2.24) is 10.5 Å². The number of carbonyl (C=O) groups excluding carboxylic acids is 1. The molecular weight excluding hydrogens is 296 g/mol. The van der Waals surface area contributed by atoms with E-state index in [9.17, 15) is 4.79 Å². The van der Waals surface area contributed by atoms with Crippen LogP contribution in [0.3, 0.4) is 0 Å². The van der Waals surface area contributed by atoms with Gasteiger partial charge in [-0.25, -0.2) is 0 Å². The average molecular weight is 316 g/mol. The Kier molecular flexibility index (Phi) is 4.92. The van der Waals surface area contributed by atoms with Crippen LogP contribution in [0.15, 0.2) is 34.9 Å². The molecule has 0 spiro atoms. The number of hydrogen-bond acceptors (Lipinski definition) is 5. The minimum Gasteiger partial charge on any atom is -0.491 e. The van der Waals surface area contributed by atoms with Crippen molar-refractivity contribution >= 4 is 5.91 Å². The van der Waals surface area contributed by atoms with Gasteiger partial charge in [-0.2, -0.15) is 0 Å². The van der Waals surface area contributed by atoms with Crippen LogP contribution in [0.5, 0.6) is 5.75 Å². The van der Waals surface area contributed by atoms with Crippen LogP contribution in [0.2, 0.25) is 0 Å². The lowest BCUT2D eigenvalue weighted by Gasteiger charge is -2.11. The number of carbonyl (C=O) groups is 1. The summed E-state index contributed by atoms with van der Waals surface area (Å²) >= 11 is 0. The molecule has 0 radical (unpaired) electrons. The lowest BCUT2D eigenvalue weighted by Crippen LogP contribution is -2.22. The number of hydrogen-bond donors (Lipinski definition) is 1. The molecule has 1 aliphatic heterocycles. The molecule has 23 heavy (non-hydrogen) atoms. The topological polar surface area (TPSA) is 73.6 Å². The molecule has 0 aliphatic carbocycles. The Bertz CT molecular complexity index is 645. The van der Waals surface area contributed by atoms with Gasteiger partial charge in [-0.05, 0) is 37.5 Å². The first-order valence-electron chi connectivity index (χ1n) is 7.75. The lowest BCUT2D eigenvalue weighted by molar-refractivity contribution is 0.0679. The maximum Gasteiger partial charge on any atom is 0.290 e. The SMILES string of the molecule is Cc1cc(C(=O)NCc2ccc(OCC3CCCO3)cc2)on1. The van der Waals surface area contributed by atoms with Crippen molar-refractivity contribution in [2.75, 3.05) is 13.2 Å². The number of nitrogens with zero attached hydrogens (tertiary/aromatic N) is 1. The van der Waals surface area contributed by atoms with Crippen LogP contribution in [0, 0.1) is 6.92 Å². The zero-order chi connectivity index (χ0) is 16.1. The van der Waals surface area contributed by atoms with Gasteiger partial charge in [0.1, 0.15) is 12.4 Å². The molecule has 2 heterocycles. The van der Waals surface area contributed by atoms with E-state index in [-0.39, 0.29) is 17.8 Å². The van der Waals surface area contributed by atoms with Gasteiger partial charge in [0.15, 0.2) is 0 Å². The van der Waals surface area contributed by atoms with Crippen LogP contribution in [-0.4, -0.2) is 30.4 Å². The third kappa shape index (κ3) is 4.32. The molecule has 1 amide bonds. The molecular formula is C17H20N2O4. The molecule has 1 N–H and O–H groups in total.